The van der Waals surface area contributed by atoms with Gasteiger partial charge in [-0.25, -0.2) is 0 Å². The number of carboxylic acids is 1. The lowest BCUT2D eigenvalue weighted by molar-refractivity contribution is -0.137. The highest BCUT2D eigenvalue weighted by atomic mass is 35.5. The Hall–Kier alpha value is -1.75. The number of benzene rings is 1. The molecule has 5 nitrogen and oxygen atoms in total. The summed E-state index contributed by atoms with van der Waals surface area (Å²) in [4.78, 5) is 24.3. The van der Waals surface area contributed by atoms with Gasteiger partial charge in [-0.05, 0) is 24.1 Å². The molecule has 1 aromatic rings. The van der Waals surface area contributed by atoms with Crippen molar-refractivity contribution in [2.24, 2.45) is 5.92 Å². The van der Waals surface area contributed by atoms with E-state index < -0.39 is 5.97 Å². The molecule has 1 aromatic carbocycles. The maximum atomic E-state index is 12.2. The van der Waals surface area contributed by atoms with Crippen LogP contribution in [0.3, 0.4) is 0 Å². The first-order valence-electron chi connectivity index (χ1n) is 5.87. The van der Waals surface area contributed by atoms with Gasteiger partial charge in [-0.15, -0.1) is 0 Å². The Balaban J connectivity index is 2.97. The smallest absolute Gasteiger partial charge is 0.323 e. The Kier molecular flexibility index (Phi) is 5.18. The molecule has 1 amide bonds. The van der Waals surface area contributed by atoms with E-state index in [-0.39, 0.29) is 18.4 Å². The number of carbonyl (C=O) groups excluding carboxylic acids is 1. The molecule has 3 N–H and O–H groups in total. The zero-order chi connectivity index (χ0) is 14.6. The highest BCUT2D eigenvalue weighted by molar-refractivity contribution is 6.33. The van der Waals surface area contributed by atoms with E-state index in [9.17, 15) is 9.59 Å². The lowest BCUT2D eigenvalue weighted by Gasteiger charge is -2.23. The van der Waals surface area contributed by atoms with Gasteiger partial charge in [-0.3, -0.25) is 9.59 Å². The Labute approximate surface area is 117 Å². The van der Waals surface area contributed by atoms with Crippen LogP contribution in [0.5, 0.6) is 0 Å². The van der Waals surface area contributed by atoms with Crippen molar-refractivity contribution in [3.8, 4) is 0 Å². The predicted molar refractivity (Wildman–Crippen MR) is 74.2 cm³/mol. The van der Waals surface area contributed by atoms with Gasteiger partial charge in [0.15, 0.2) is 0 Å². The maximum Gasteiger partial charge on any atom is 0.323 e. The molecule has 0 aromatic heterocycles. The van der Waals surface area contributed by atoms with E-state index in [0.717, 1.165) is 0 Å². The first-order chi connectivity index (χ1) is 8.81. The Bertz CT molecular complexity index is 489. The maximum absolute atomic E-state index is 12.2. The minimum absolute atomic E-state index is 0.174. The number of amides is 1. The molecular weight excluding hydrogens is 268 g/mol. The lowest BCUT2D eigenvalue weighted by Crippen LogP contribution is -2.38. The van der Waals surface area contributed by atoms with Gasteiger partial charge in [0.25, 0.3) is 5.91 Å². The number of nitrogens with two attached hydrogens (primary N) is 1. The van der Waals surface area contributed by atoms with Crippen molar-refractivity contribution in [1.29, 1.82) is 0 Å². The summed E-state index contributed by atoms with van der Waals surface area (Å²) in [6.07, 6.45) is 0. The molecule has 0 atom stereocenters. The number of hydrogen-bond acceptors (Lipinski definition) is 3. The second-order valence-electron chi connectivity index (χ2n) is 4.71. The molecule has 0 fully saturated rings. The van der Waals surface area contributed by atoms with Gasteiger partial charge in [0.2, 0.25) is 0 Å². The van der Waals surface area contributed by atoms with Gasteiger partial charge < -0.3 is 15.7 Å². The van der Waals surface area contributed by atoms with Crippen LogP contribution in [0.4, 0.5) is 5.69 Å². The molecule has 0 aliphatic rings. The van der Waals surface area contributed by atoms with Gasteiger partial charge in [0.1, 0.15) is 6.54 Å². The van der Waals surface area contributed by atoms with Crippen LogP contribution in [-0.4, -0.2) is 35.0 Å². The Morgan fingerprint density at radius 1 is 1.42 bits per heavy atom. The van der Waals surface area contributed by atoms with Gasteiger partial charge >= 0.3 is 5.97 Å². The van der Waals surface area contributed by atoms with Crippen molar-refractivity contribution < 1.29 is 14.7 Å². The molecule has 104 valence electrons. The van der Waals surface area contributed by atoms with E-state index in [2.05, 4.69) is 0 Å². The molecule has 0 aliphatic carbocycles. The van der Waals surface area contributed by atoms with E-state index >= 15 is 0 Å². The molecule has 0 saturated heterocycles. The fourth-order valence-electron chi connectivity index (χ4n) is 1.68. The van der Waals surface area contributed by atoms with Crippen LogP contribution < -0.4 is 5.73 Å². The number of hydrogen-bond donors (Lipinski definition) is 2. The Morgan fingerprint density at radius 2 is 2.05 bits per heavy atom. The van der Waals surface area contributed by atoms with Gasteiger partial charge in [0, 0.05) is 12.1 Å². The Morgan fingerprint density at radius 3 is 2.53 bits per heavy atom. The molecule has 0 spiro atoms. The highest BCUT2D eigenvalue weighted by Gasteiger charge is 2.20. The number of anilines is 1. The number of nitrogen functional groups attached to an aromatic ring is 1. The summed E-state index contributed by atoms with van der Waals surface area (Å²) in [7, 11) is 0. The van der Waals surface area contributed by atoms with Crippen LogP contribution in [0.1, 0.15) is 24.2 Å². The summed E-state index contributed by atoms with van der Waals surface area (Å²) in [6, 6.07) is 4.52. The van der Waals surface area contributed by atoms with Crippen LogP contribution in [0, 0.1) is 5.92 Å². The average Bonchev–Trinajstić information content (AvgIpc) is 2.29. The summed E-state index contributed by atoms with van der Waals surface area (Å²) in [6.45, 7) is 3.86. The summed E-state index contributed by atoms with van der Waals surface area (Å²) < 4.78 is 0. The van der Waals surface area contributed by atoms with Crippen LogP contribution >= 0.6 is 11.6 Å². The average molecular weight is 285 g/mol. The van der Waals surface area contributed by atoms with Crippen LogP contribution in [-0.2, 0) is 4.79 Å². The van der Waals surface area contributed by atoms with E-state index in [1.54, 1.807) is 0 Å². The summed E-state index contributed by atoms with van der Waals surface area (Å²) in [5.74, 6) is -1.23. The molecule has 0 saturated carbocycles. The normalized spacial score (nSPS) is 10.5. The number of aliphatic carboxylic acids is 1. The topological polar surface area (TPSA) is 83.6 Å². The fourth-order valence-corrected chi connectivity index (χ4v) is 1.80. The molecule has 19 heavy (non-hydrogen) atoms. The predicted octanol–water partition coefficient (Wildman–Crippen LogP) is 2.10. The molecule has 0 heterocycles. The zero-order valence-electron chi connectivity index (χ0n) is 10.9. The van der Waals surface area contributed by atoms with Gasteiger partial charge in [-0.1, -0.05) is 25.4 Å². The van der Waals surface area contributed by atoms with Gasteiger partial charge in [0.05, 0.1) is 10.7 Å². The third-order valence-electron chi connectivity index (χ3n) is 2.44. The minimum atomic E-state index is -1.05. The minimum Gasteiger partial charge on any atom is -0.480 e. The quantitative estimate of drug-likeness (QED) is 0.811. The SMILES string of the molecule is CC(C)CN(CC(=O)O)C(=O)c1ccc(Cl)c(N)c1. The summed E-state index contributed by atoms with van der Waals surface area (Å²) in [5.41, 5.74) is 6.28. The van der Waals surface area contributed by atoms with E-state index in [1.165, 1.54) is 23.1 Å². The number of carboxylic acid groups (broad SMARTS) is 1. The summed E-state index contributed by atoms with van der Waals surface area (Å²) in [5, 5.41) is 9.22. The molecular formula is C13H17ClN2O3. The number of rotatable bonds is 5. The van der Waals surface area contributed by atoms with Crippen LogP contribution in [0.2, 0.25) is 5.02 Å². The van der Waals surface area contributed by atoms with Crippen LogP contribution in [0.25, 0.3) is 0 Å². The van der Waals surface area contributed by atoms with E-state index in [1.807, 2.05) is 13.8 Å². The zero-order valence-corrected chi connectivity index (χ0v) is 11.6. The first kappa shape index (κ1) is 15.3. The highest BCUT2D eigenvalue weighted by Crippen LogP contribution is 2.20. The largest absolute Gasteiger partial charge is 0.480 e. The van der Waals surface area contributed by atoms with Crippen molar-refractivity contribution in [2.45, 2.75) is 13.8 Å². The molecule has 1 rings (SSSR count). The molecule has 0 radical (unpaired) electrons. The standard InChI is InChI=1S/C13H17ClN2O3/c1-8(2)6-16(7-12(17)18)13(19)9-3-4-10(14)11(15)5-9/h3-5,8H,6-7,15H2,1-2H3,(H,17,18). The van der Waals surface area contributed by atoms with E-state index in [4.69, 9.17) is 22.4 Å². The number of nitrogens with zero attached hydrogens (tertiary/aromatic N) is 1. The van der Waals surface area contributed by atoms with Crippen LogP contribution in [0.15, 0.2) is 18.2 Å². The first-order valence-corrected chi connectivity index (χ1v) is 6.25. The molecule has 0 aliphatic heterocycles. The third kappa shape index (κ3) is 4.44. The van der Waals surface area contributed by atoms with Gasteiger partial charge in [-0.2, -0.15) is 0 Å². The van der Waals surface area contributed by atoms with Crippen molar-refractivity contribution in [3.05, 3.63) is 28.8 Å². The second-order valence-corrected chi connectivity index (χ2v) is 5.12. The molecule has 6 heteroatoms. The second kappa shape index (κ2) is 6.43. The summed E-state index contributed by atoms with van der Waals surface area (Å²) >= 11 is 5.79. The molecule has 0 unspecified atom stereocenters. The van der Waals surface area contributed by atoms with E-state index in [0.29, 0.717) is 22.8 Å². The van der Waals surface area contributed by atoms with Crippen molar-refractivity contribution >= 4 is 29.2 Å². The molecule has 0 bridgehead atoms. The van der Waals surface area contributed by atoms with Crippen molar-refractivity contribution in [2.75, 3.05) is 18.8 Å². The van der Waals surface area contributed by atoms with Crippen molar-refractivity contribution in [1.82, 2.24) is 4.90 Å². The third-order valence-corrected chi connectivity index (χ3v) is 2.79. The van der Waals surface area contributed by atoms with Crippen molar-refractivity contribution in [3.63, 3.8) is 0 Å². The fraction of sp³-hybridized carbons (Fsp3) is 0.385. The number of halogens is 1. The lowest BCUT2D eigenvalue weighted by atomic mass is 10.1. The monoisotopic (exact) mass is 284 g/mol. The number of carbonyl (C=O) groups is 2.